The van der Waals surface area contributed by atoms with E-state index < -0.39 is 17.8 Å². The fourth-order valence-corrected chi connectivity index (χ4v) is 3.40. The molecule has 0 atom stereocenters. The van der Waals surface area contributed by atoms with Gasteiger partial charge in [0.1, 0.15) is 5.57 Å². The molecule has 1 aromatic heterocycles. The normalized spacial score (nSPS) is 14.7. The molecule has 0 aliphatic carbocycles. The van der Waals surface area contributed by atoms with E-state index in [-0.39, 0.29) is 22.8 Å². The Hall–Kier alpha value is -4.73. The molecule has 1 aliphatic rings. The predicted molar refractivity (Wildman–Crippen MR) is 123 cm³/mol. The van der Waals surface area contributed by atoms with Crippen molar-refractivity contribution in [2.45, 2.75) is 0 Å². The highest BCUT2D eigenvalue weighted by Crippen LogP contribution is 2.41. The van der Waals surface area contributed by atoms with Gasteiger partial charge in [0, 0.05) is 35.7 Å². The summed E-state index contributed by atoms with van der Waals surface area (Å²) in [6, 6.07) is 11.3. The van der Waals surface area contributed by atoms with Crippen LogP contribution in [0.15, 0.2) is 60.4 Å². The van der Waals surface area contributed by atoms with Gasteiger partial charge >= 0.3 is 6.03 Å². The van der Waals surface area contributed by atoms with E-state index in [1.54, 1.807) is 0 Å². The van der Waals surface area contributed by atoms with Crippen molar-refractivity contribution in [1.82, 2.24) is 15.3 Å². The second-order valence-electron chi connectivity index (χ2n) is 7.05. The predicted octanol–water partition coefficient (Wildman–Crippen LogP) is 2.84. The molecule has 0 unspecified atom stereocenters. The van der Waals surface area contributed by atoms with E-state index in [2.05, 4.69) is 15.3 Å². The van der Waals surface area contributed by atoms with Crippen molar-refractivity contribution in [3.8, 4) is 28.6 Å². The maximum atomic E-state index is 13.2. The molecule has 1 N–H and O–H groups in total. The van der Waals surface area contributed by atoms with Crippen LogP contribution in [0.5, 0.6) is 17.2 Å². The van der Waals surface area contributed by atoms with Gasteiger partial charge in [-0.2, -0.15) is 0 Å². The third-order valence-corrected chi connectivity index (χ3v) is 5.02. The monoisotopic (exact) mass is 460 g/mol. The van der Waals surface area contributed by atoms with E-state index in [1.807, 2.05) is 30.3 Å². The van der Waals surface area contributed by atoms with Crippen LogP contribution < -0.4 is 24.4 Å². The van der Waals surface area contributed by atoms with Crippen LogP contribution in [-0.2, 0) is 9.59 Å². The molecule has 3 aromatic rings. The second kappa shape index (κ2) is 9.41. The van der Waals surface area contributed by atoms with E-state index in [1.165, 1.54) is 51.9 Å². The van der Waals surface area contributed by atoms with Gasteiger partial charge in [0.2, 0.25) is 5.75 Å². The number of rotatable bonds is 6. The zero-order chi connectivity index (χ0) is 24.2. The van der Waals surface area contributed by atoms with Gasteiger partial charge in [-0.25, -0.2) is 19.7 Å². The summed E-state index contributed by atoms with van der Waals surface area (Å²) in [4.78, 5) is 47.7. The van der Waals surface area contributed by atoms with Gasteiger partial charge in [-0.15, -0.1) is 0 Å². The molecule has 0 spiro atoms. The standard InChI is InChI=1S/C24H20N4O6/c1-32-18-10-16(11-19(33-2)20(18)34-3)28-23(30)17(22(29)27-24(28)31)9-14-12-25-21(26-13-14)15-7-5-4-6-8-15/h4-13H,1-3H3,(H,27,29,31)/b17-9+. The van der Waals surface area contributed by atoms with Crippen LogP contribution in [0, 0.1) is 0 Å². The lowest BCUT2D eigenvalue weighted by atomic mass is 10.1. The molecule has 10 nitrogen and oxygen atoms in total. The minimum absolute atomic E-state index is 0.131. The first-order chi connectivity index (χ1) is 16.5. The molecule has 2 heterocycles. The third kappa shape index (κ3) is 4.16. The topological polar surface area (TPSA) is 120 Å². The Labute approximate surface area is 194 Å². The van der Waals surface area contributed by atoms with Crippen molar-refractivity contribution in [1.29, 1.82) is 0 Å². The average Bonchev–Trinajstić information content (AvgIpc) is 2.86. The van der Waals surface area contributed by atoms with Gasteiger partial charge in [-0.05, 0) is 6.08 Å². The van der Waals surface area contributed by atoms with Gasteiger partial charge in [0.25, 0.3) is 11.8 Å². The first-order valence-corrected chi connectivity index (χ1v) is 10.1. The molecule has 172 valence electrons. The number of ether oxygens (including phenoxy) is 3. The Bertz CT molecular complexity index is 1260. The van der Waals surface area contributed by atoms with E-state index in [0.29, 0.717) is 17.1 Å². The molecule has 4 amide bonds. The molecule has 2 aromatic carbocycles. The molecular weight excluding hydrogens is 440 g/mol. The lowest BCUT2D eigenvalue weighted by Gasteiger charge is -2.27. The SMILES string of the molecule is COc1cc(N2C(=O)NC(=O)/C(=C\c3cnc(-c4ccccc4)nc3)C2=O)cc(OC)c1OC. The summed E-state index contributed by atoms with van der Waals surface area (Å²) in [5.74, 6) is -0.381. The Morgan fingerprint density at radius 1 is 0.882 bits per heavy atom. The van der Waals surface area contributed by atoms with Gasteiger partial charge < -0.3 is 14.2 Å². The summed E-state index contributed by atoms with van der Waals surface area (Å²) in [6.07, 6.45) is 4.30. The smallest absolute Gasteiger partial charge is 0.335 e. The minimum Gasteiger partial charge on any atom is -0.493 e. The van der Waals surface area contributed by atoms with Crippen molar-refractivity contribution in [3.63, 3.8) is 0 Å². The number of methoxy groups -OCH3 is 3. The lowest BCUT2D eigenvalue weighted by Crippen LogP contribution is -2.54. The average molecular weight is 460 g/mol. The zero-order valence-corrected chi connectivity index (χ0v) is 18.6. The van der Waals surface area contributed by atoms with Crippen LogP contribution in [0.2, 0.25) is 0 Å². The molecule has 34 heavy (non-hydrogen) atoms. The van der Waals surface area contributed by atoms with Gasteiger partial charge in [-0.3, -0.25) is 14.9 Å². The largest absolute Gasteiger partial charge is 0.493 e. The maximum Gasteiger partial charge on any atom is 0.335 e. The first-order valence-electron chi connectivity index (χ1n) is 10.1. The van der Waals surface area contributed by atoms with Gasteiger partial charge in [-0.1, -0.05) is 30.3 Å². The van der Waals surface area contributed by atoms with Crippen molar-refractivity contribution in [2.75, 3.05) is 26.2 Å². The van der Waals surface area contributed by atoms with Crippen LogP contribution in [0.1, 0.15) is 5.56 Å². The number of imide groups is 2. The van der Waals surface area contributed by atoms with Crippen LogP contribution in [0.4, 0.5) is 10.5 Å². The summed E-state index contributed by atoms with van der Waals surface area (Å²) in [5.41, 5.74) is 1.11. The van der Waals surface area contributed by atoms with Crippen LogP contribution in [-0.4, -0.2) is 49.1 Å². The summed E-state index contributed by atoms with van der Waals surface area (Å²) in [7, 11) is 4.25. The van der Waals surface area contributed by atoms with Crippen molar-refractivity contribution in [3.05, 3.63) is 66.0 Å². The Morgan fingerprint density at radius 2 is 1.50 bits per heavy atom. The lowest BCUT2D eigenvalue weighted by molar-refractivity contribution is -0.122. The fourth-order valence-electron chi connectivity index (χ4n) is 3.40. The number of carbonyl (C=O) groups is 3. The highest BCUT2D eigenvalue weighted by molar-refractivity contribution is 6.39. The number of barbiturate groups is 1. The molecule has 1 aliphatic heterocycles. The van der Waals surface area contributed by atoms with Gasteiger partial charge in [0.05, 0.1) is 27.0 Å². The molecule has 10 heteroatoms. The molecule has 0 saturated carbocycles. The molecule has 0 bridgehead atoms. The van der Waals surface area contributed by atoms with E-state index in [9.17, 15) is 14.4 Å². The van der Waals surface area contributed by atoms with Crippen molar-refractivity contribution in [2.24, 2.45) is 0 Å². The van der Waals surface area contributed by atoms with E-state index >= 15 is 0 Å². The number of urea groups is 1. The zero-order valence-electron chi connectivity index (χ0n) is 18.6. The Morgan fingerprint density at radius 3 is 2.06 bits per heavy atom. The number of carbonyl (C=O) groups excluding carboxylic acids is 3. The number of amides is 4. The highest BCUT2D eigenvalue weighted by Gasteiger charge is 2.37. The Kier molecular flexibility index (Phi) is 6.22. The quantitative estimate of drug-likeness (QED) is 0.441. The third-order valence-electron chi connectivity index (χ3n) is 5.02. The molecule has 4 rings (SSSR count). The van der Waals surface area contributed by atoms with Crippen molar-refractivity contribution >= 4 is 29.6 Å². The first kappa shape index (κ1) is 22.5. The van der Waals surface area contributed by atoms with Crippen LogP contribution in [0.25, 0.3) is 17.5 Å². The molecule has 1 saturated heterocycles. The molecule has 1 fully saturated rings. The number of aromatic nitrogens is 2. The Balaban J connectivity index is 1.70. The number of hydrogen-bond donors (Lipinski definition) is 1. The summed E-state index contributed by atoms with van der Waals surface area (Å²) >= 11 is 0. The number of anilines is 1. The summed E-state index contributed by atoms with van der Waals surface area (Å²) in [6.45, 7) is 0. The minimum atomic E-state index is -0.905. The number of hydrogen-bond acceptors (Lipinski definition) is 8. The molecular formula is C24H20N4O6. The van der Waals surface area contributed by atoms with Crippen LogP contribution >= 0.6 is 0 Å². The second-order valence-corrected chi connectivity index (χ2v) is 7.05. The van der Waals surface area contributed by atoms with E-state index in [4.69, 9.17) is 14.2 Å². The highest BCUT2D eigenvalue weighted by atomic mass is 16.5. The van der Waals surface area contributed by atoms with Gasteiger partial charge in [0.15, 0.2) is 17.3 Å². The fraction of sp³-hybridized carbons (Fsp3) is 0.125. The number of nitrogens with one attached hydrogen (secondary N) is 1. The van der Waals surface area contributed by atoms with E-state index in [0.717, 1.165) is 10.5 Å². The molecule has 0 radical (unpaired) electrons. The maximum absolute atomic E-state index is 13.2. The van der Waals surface area contributed by atoms with Crippen LogP contribution in [0.3, 0.4) is 0 Å². The number of benzene rings is 2. The van der Waals surface area contributed by atoms with Crippen molar-refractivity contribution < 1.29 is 28.6 Å². The summed E-state index contributed by atoms with van der Waals surface area (Å²) < 4.78 is 15.9. The summed E-state index contributed by atoms with van der Waals surface area (Å²) in [5, 5.41) is 2.17. The number of nitrogens with zero attached hydrogens (tertiary/aromatic N) is 3.